The van der Waals surface area contributed by atoms with Crippen LogP contribution in [0.15, 0.2) is 0 Å². The second-order valence-electron chi connectivity index (χ2n) is 3.98. The molecule has 0 aliphatic carbocycles. The molecule has 0 amide bonds. The molecule has 1 nitrogen and oxygen atoms in total. The molecular formula is C13H25N. The van der Waals surface area contributed by atoms with Gasteiger partial charge in [0.25, 0.3) is 0 Å². The average Bonchev–Trinajstić information content (AvgIpc) is 2.21. The summed E-state index contributed by atoms with van der Waals surface area (Å²) >= 11 is 0. The fourth-order valence-corrected chi connectivity index (χ4v) is 1.73. The molecule has 0 spiro atoms. The van der Waals surface area contributed by atoms with Crippen LogP contribution in [-0.4, -0.2) is 23.5 Å². The van der Waals surface area contributed by atoms with Crippen molar-refractivity contribution in [2.75, 3.05) is 6.54 Å². The molecule has 1 heteroatoms. The van der Waals surface area contributed by atoms with Gasteiger partial charge in [-0.3, -0.25) is 4.90 Å². The summed E-state index contributed by atoms with van der Waals surface area (Å²) in [6, 6.07) is 1.28. The first-order valence-corrected chi connectivity index (χ1v) is 5.82. The molecule has 82 valence electrons. The van der Waals surface area contributed by atoms with Crippen molar-refractivity contribution in [2.24, 2.45) is 0 Å². The summed E-state index contributed by atoms with van der Waals surface area (Å²) < 4.78 is 0. The molecule has 0 aromatic carbocycles. The Morgan fingerprint density at radius 3 is 2.21 bits per heavy atom. The minimum Gasteiger partial charge on any atom is -0.297 e. The molecule has 0 N–H and O–H groups in total. The zero-order chi connectivity index (χ0) is 11.0. The third-order valence-electron chi connectivity index (χ3n) is 2.78. The van der Waals surface area contributed by atoms with Gasteiger partial charge in [-0.2, -0.15) is 0 Å². The molecule has 0 radical (unpaired) electrons. The number of hydrogen-bond acceptors (Lipinski definition) is 1. The SMILES string of the molecule is CC#CCC(C)N(CCC)C(C)CC. The van der Waals surface area contributed by atoms with Gasteiger partial charge in [0.1, 0.15) is 0 Å². The van der Waals surface area contributed by atoms with E-state index in [4.69, 9.17) is 0 Å². The Hall–Kier alpha value is -0.480. The largest absolute Gasteiger partial charge is 0.297 e. The number of rotatable bonds is 6. The molecule has 0 heterocycles. The molecule has 2 unspecified atom stereocenters. The van der Waals surface area contributed by atoms with Gasteiger partial charge < -0.3 is 0 Å². The Balaban J connectivity index is 4.21. The molecule has 0 aromatic rings. The lowest BCUT2D eigenvalue weighted by molar-refractivity contribution is 0.152. The highest BCUT2D eigenvalue weighted by Crippen LogP contribution is 2.11. The van der Waals surface area contributed by atoms with Crippen molar-refractivity contribution in [3.63, 3.8) is 0 Å². The predicted octanol–water partition coefficient (Wildman–Crippen LogP) is 3.30. The molecule has 0 bridgehead atoms. The first kappa shape index (κ1) is 13.5. The number of nitrogens with zero attached hydrogens (tertiary/aromatic N) is 1. The summed E-state index contributed by atoms with van der Waals surface area (Å²) in [5, 5.41) is 0. The standard InChI is InChI=1S/C13H25N/c1-6-9-10-13(5)14(11-7-2)12(4)8-3/h12-13H,7-8,10-11H2,1-5H3. The third kappa shape index (κ3) is 4.67. The van der Waals surface area contributed by atoms with E-state index in [1.165, 1.54) is 19.4 Å². The lowest BCUT2D eigenvalue weighted by Crippen LogP contribution is -2.40. The van der Waals surface area contributed by atoms with Crippen LogP contribution in [0.3, 0.4) is 0 Å². The van der Waals surface area contributed by atoms with Crippen LogP contribution in [0.1, 0.15) is 53.9 Å². The van der Waals surface area contributed by atoms with E-state index in [0.29, 0.717) is 12.1 Å². The van der Waals surface area contributed by atoms with Gasteiger partial charge in [0.15, 0.2) is 0 Å². The van der Waals surface area contributed by atoms with Crippen LogP contribution in [0.2, 0.25) is 0 Å². The summed E-state index contributed by atoms with van der Waals surface area (Å²) in [6.07, 6.45) is 3.46. The maximum Gasteiger partial charge on any atom is 0.0242 e. The Labute approximate surface area is 89.9 Å². The van der Waals surface area contributed by atoms with Gasteiger partial charge in [-0.1, -0.05) is 13.8 Å². The predicted molar refractivity (Wildman–Crippen MR) is 64.3 cm³/mol. The van der Waals surface area contributed by atoms with E-state index < -0.39 is 0 Å². The van der Waals surface area contributed by atoms with Crippen molar-refractivity contribution in [2.45, 2.75) is 66.0 Å². The Bertz CT molecular complexity index is 187. The van der Waals surface area contributed by atoms with Gasteiger partial charge in [0.05, 0.1) is 0 Å². The fraction of sp³-hybridized carbons (Fsp3) is 0.846. The van der Waals surface area contributed by atoms with Crippen LogP contribution in [0.25, 0.3) is 0 Å². The lowest BCUT2D eigenvalue weighted by Gasteiger charge is -2.33. The highest BCUT2D eigenvalue weighted by atomic mass is 15.2. The van der Waals surface area contributed by atoms with Crippen LogP contribution in [-0.2, 0) is 0 Å². The molecule has 0 saturated carbocycles. The Morgan fingerprint density at radius 1 is 1.14 bits per heavy atom. The zero-order valence-corrected chi connectivity index (χ0v) is 10.4. The third-order valence-corrected chi connectivity index (χ3v) is 2.78. The average molecular weight is 195 g/mol. The second-order valence-corrected chi connectivity index (χ2v) is 3.98. The molecule has 0 saturated heterocycles. The van der Waals surface area contributed by atoms with E-state index in [1.54, 1.807) is 0 Å². The minimum atomic E-state index is 0.595. The van der Waals surface area contributed by atoms with E-state index in [1.807, 2.05) is 6.92 Å². The summed E-state index contributed by atoms with van der Waals surface area (Å²) in [4.78, 5) is 2.57. The van der Waals surface area contributed by atoms with Crippen molar-refractivity contribution in [3.8, 4) is 11.8 Å². The first-order valence-electron chi connectivity index (χ1n) is 5.82. The quantitative estimate of drug-likeness (QED) is 0.588. The van der Waals surface area contributed by atoms with Gasteiger partial charge in [-0.15, -0.1) is 11.8 Å². The fourth-order valence-electron chi connectivity index (χ4n) is 1.73. The van der Waals surface area contributed by atoms with Gasteiger partial charge >= 0.3 is 0 Å². The molecule has 0 aromatic heterocycles. The van der Waals surface area contributed by atoms with E-state index in [0.717, 1.165) is 6.42 Å². The molecule has 14 heavy (non-hydrogen) atoms. The van der Waals surface area contributed by atoms with E-state index >= 15 is 0 Å². The van der Waals surface area contributed by atoms with Crippen molar-refractivity contribution in [3.05, 3.63) is 0 Å². The zero-order valence-electron chi connectivity index (χ0n) is 10.4. The summed E-state index contributed by atoms with van der Waals surface area (Å²) in [7, 11) is 0. The molecule has 0 aliphatic rings. The van der Waals surface area contributed by atoms with Crippen LogP contribution in [0.4, 0.5) is 0 Å². The van der Waals surface area contributed by atoms with Crippen LogP contribution in [0.5, 0.6) is 0 Å². The lowest BCUT2D eigenvalue weighted by atomic mass is 10.1. The van der Waals surface area contributed by atoms with E-state index in [-0.39, 0.29) is 0 Å². The van der Waals surface area contributed by atoms with Crippen molar-refractivity contribution >= 4 is 0 Å². The van der Waals surface area contributed by atoms with E-state index in [9.17, 15) is 0 Å². The first-order chi connectivity index (χ1) is 6.67. The molecule has 2 atom stereocenters. The Kier molecular flexibility index (Phi) is 7.61. The van der Waals surface area contributed by atoms with Crippen LogP contribution in [0, 0.1) is 11.8 Å². The van der Waals surface area contributed by atoms with Crippen LogP contribution < -0.4 is 0 Å². The maximum atomic E-state index is 3.17. The summed E-state index contributed by atoms with van der Waals surface area (Å²) in [5.41, 5.74) is 0. The smallest absolute Gasteiger partial charge is 0.0242 e. The van der Waals surface area contributed by atoms with Gasteiger partial charge in [-0.05, 0) is 40.2 Å². The summed E-state index contributed by atoms with van der Waals surface area (Å²) in [5.74, 6) is 6.15. The highest BCUT2D eigenvalue weighted by molar-refractivity contribution is 4.98. The van der Waals surface area contributed by atoms with Crippen molar-refractivity contribution in [1.82, 2.24) is 4.90 Å². The minimum absolute atomic E-state index is 0.595. The Morgan fingerprint density at radius 2 is 1.79 bits per heavy atom. The highest BCUT2D eigenvalue weighted by Gasteiger charge is 2.16. The van der Waals surface area contributed by atoms with Crippen molar-refractivity contribution in [1.29, 1.82) is 0 Å². The van der Waals surface area contributed by atoms with Gasteiger partial charge in [0.2, 0.25) is 0 Å². The maximum absolute atomic E-state index is 3.17. The second kappa shape index (κ2) is 7.88. The monoisotopic (exact) mass is 195 g/mol. The van der Waals surface area contributed by atoms with E-state index in [2.05, 4.69) is 44.4 Å². The van der Waals surface area contributed by atoms with Gasteiger partial charge in [-0.25, -0.2) is 0 Å². The topological polar surface area (TPSA) is 3.24 Å². The molecule has 0 aliphatic heterocycles. The molecule has 0 rings (SSSR count). The van der Waals surface area contributed by atoms with Gasteiger partial charge in [0, 0.05) is 18.5 Å². The normalized spacial score (nSPS) is 14.7. The molecule has 0 fully saturated rings. The molecular weight excluding hydrogens is 170 g/mol. The summed E-state index contributed by atoms with van der Waals surface area (Å²) in [6.45, 7) is 12.2. The number of hydrogen-bond donors (Lipinski definition) is 0. The van der Waals surface area contributed by atoms with Crippen LogP contribution >= 0.6 is 0 Å². The van der Waals surface area contributed by atoms with Crippen molar-refractivity contribution < 1.29 is 0 Å².